The van der Waals surface area contributed by atoms with Gasteiger partial charge in [-0.05, 0) is 49.9 Å². The molecule has 0 spiro atoms. The van der Waals surface area contributed by atoms with Gasteiger partial charge in [0.2, 0.25) is 5.79 Å². The predicted octanol–water partition coefficient (Wildman–Crippen LogP) is 4.38. The van der Waals surface area contributed by atoms with E-state index in [1.165, 1.54) is 0 Å². The van der Waals surface area contributed by atoms with Crippen molar-refractivity contribution in [2.75, 3.05) is 7.05 Å². The molecule has 0 saturated heterocycles. The number of aromatic amines is 2. The summed E-state index contributed by atoms with van der Waals surface area (Å²) in [5, 5.41) is 12.6. The van der Waals surface area contributed by atoms with Gasteiger partial charge in [0.1, 0.15) is 0 Å². The third-order valence-electron chi connectivity index (χ3n) is 4.62. The average Bonchev–Trinajstić information content (AvgIpc) is 3.27. The minimum atomic E-state index is -2.04. The van der Waals surface area contributed by atoms with E-state index in [1.807, 2.05) is 19.1 Å². The second-order valence-electron chi connectivity index (χ2n) is 6.15. The van der Waals surface area contributed by atoms with Crippen LogP contribution in [0, 0.1) is 18.3 Å². The van der Waals surface area contributed by atoms with Crippen LogP contribution in [0.4, 0.5) is 4.39 Å². The number of hydrogen-bond acceptors (Lipinski definition) is 3. The van der Waals surface area contributed by atoms with Gasteiger partial charge in [-0.25, -0.2) is 9.37 Å². The first-order valence-electron chi connectivity index (χ1n) is 8.02. The quantitative estimate of drug-likeness (QED) is 0.437. The fourth-order valence-corrected chi connectivity index (χ4v) is 4.15. The van der Waals surface area contributed by atoms with Crippen LogP contribution in [0.3, 0.4) is 0 Å². The van der Waals surface area contributed by atoms with E-state index in [2.05, 4.69) is 42.3 Å². The first kappa shape index (κ1) is 16.8. The molecule has 4 aromatic rings. The molecule has 26 heavy (non-hydrogen) atoms. The number of aromatic nitrogens is 3. The molecular formula is C19H15BrFN5. The Kier molecular flexibility index (Phi) is 3.83. The maximum absolute atomic E-state index is 16.3. The van der Waals surface area contributed by atoms with E-state index in [9.17, 15) is 0 Å². The molecule has 3 N–H and O–H groups in total. The zero-order valence-corrected chi connectivity index (χ0v) is 15.7. The first-order chi connectivity index (χ1) is 12.5. The summed E-state index contributed by atoms with van der Waals surface area (Å²) in [4.78, 5) is 10.6. The number of hydrogen-bond donors (Lipinski definition) is 3. The third-order valence-corrected chi connectivity index (χ3v) is 5.24. The van der Waals surface area contributed by atoms with Crippen molar-refractivity contribution in [1.82, 2.24) is 20.3 Å². The fourth-order valence-electron chi connectivity index (χ4n) is 3.32. The summed E-state index contributed by atoms with van der Waals surface area (Å²) in [5.74, 6) is -1.91. The molecule has 7 heteroatoms. The number of nitriles is 1. The van der Waals surface area contributed by atoms with Crippen LogP contribution in [-0.4, -0.2) is 22.0 Å². The molecular weight excluding hydrogens is 397 g/mol. The van der Waals surface area contributed by atoms with Gasteiger partial charge < -0.3 is 9.97 Å². The Bertz CT molecular complexity index is 1190. The molecule has 2 aromatic heterocycles. The Morgan fingerprint density at radius 2 is 2.12 bits per heavy atom. The third kappa shape index (κ3) is 2.34. The molecule has 2 heterocycles. The van der Waals surface area contributed by atoms with Crippen molar-refractivity contribution in [2.45, 2.75) is 12.7 Å². The zero-order valence-electron chi connectivity index (χ0n) is 14.1. The number of rotatable bonds is 3. The molecule has 0 fully saturated rings. The molecule has 0 bridgehead atoms. The Labute approximate surface area is 157 Å². The van der Waals surface area contributed by atoms with Gasteiger partial charge in [-0.2, -0.15) is 5.26 Å². The van der Waals surface area contributed by atoms with Crippen molar-refractivity contribution in [1.29, 1.82) is 5.26 Å². The van der Waals surface area contributed by atoms with Crippen LogP contribution in [0.5, 0.6) is 0 Å². The van der Waals surface area contributed by atoms with Gasteiger partial charge >= 0.3 is 0 Å². The second-order valence-corrected chi connectivity index (χ2v) is 7.01. The smallest absolute Gasteiger partial charge is 0.246 e. The number of alkyl halides is 1. The van der Waals surface area contributed by atoms with Crippen molar-refractivity contribution in [3.05, 3.63) is 63.5 Å². The van der Waals surface area contributed by atoms with Gasteiger partial charge in [-0.1, -0.05) is 15.9 Å². The van der Waals surface area contributed by atoms with E-state index in [4.69, 9.17) is 5.26 Å². The van der Waals surface area contributed by atoms with Gasteiger partial charge in [0.05, 0.1) is 22.7 Å². The van der Waals surface area contributed by atoms with Crippen LogP contribution in [0.25, 0.3) is 21.9 Å². The van der Waals surface area contributed by atoms with Crippen LogP contribution >= 0.6 is 15.9 Å². The second kappa shape index (κ2) is 5.94. The summed E-state index contributed by atoms with van der Waals surface area (Å²) in [6.07, 6.45) is 1.79. The predicted molar refractivity (Wildman–Crippen MR) is 102 cm³/mol. The number of benzene rings is 2. The number of H-pyrrole nitrogens is 2. The lowest BCUT2D eigenvalue weighted by molar-refractivity contribution is 0.170. The van der Waals surface area contributed by atoms with Crippen LogP contribution in [0.15, 0.2) is 41.0 Å². The molecule has 1 atom stereocenters. The molecule has 5 nitrogen and oxygen atoms in total. The molecule has 0 radical (unpaired) electrons. The summed E-state index contributed by atoms with van der Waals surface area (Å²) in [5.41, 5.74) is 4.05. The van der Waals surface area contributed by atoms with Crippen molar-refractivity contribution < 1.29 is 4.39 Å². The molecule has 2 aromatic carbocycles. The lowest BCUT2D eigenvalue weighted by atomic mass is 9.97. The van der Waals surface area contributed by atoms with Crippen molar-refractivity contribution in [3.63, 3.8) is 0 Å². The maximum Gasteiger partial charge on any atom is 0.246 e. The highest BCUT2D eigenvalue weighted by molar-refractivity contribution is 9.10. The number of imidazole rings is 1. The number of halogens is 2. The maximum atomic E-state index is 16.3. The number of nitrogens with one attached hydrogen (secondary N) is 3. The van der Waals surface area contributed by atoms with Gasteiger partial charge in [-0.15, -0.1) is 0 Å². The standard InChI is InChI=1S/C19H15BrFN5/c1-10-7-13(20)16(12-5-6-24-17(10)12)19(21,23-2)18-25-14-4-3-11(9-22)8-15(14)26-18/h3-8,23-24H,1-2H3,(H,25,26). The summed E-state index contributed by atoms with van der Waals surface area (Å²) >= 11 is 3.51. The summed E-state index contributed by atoms with van der Waals surface area (Å²) in [6.45, 7) is 1.97. The SMILES string of the molecule is CNC(F)(c1nc2ccc(C#N)cc2[nH]1)c1c(Br)cc(C)c2[nH]ccc12. The van der Waals surface area contributed by atoms with Crippen LogP contribution in [-0.2, 0) is 5.79 Å². The Morgan fingerprint density at radius 3 is 2.85 bits per heavy atom. The highest BCUT2D eigenvalue weighted by Gasteiger charge is 2.39. The zero-order chi connectivity index (χ0) is 18.5. The minimum absolute atomic E-state index is 0.136. The first-order valence-corrected chi connectivity index (χ1v) is 8.82. The van der Waals surface area contributed by atoms with Crippen molar-refractivity contribution in [3.8, 4) is 6.07 Å². The number of fused-ring (bicyclic) bond motifs is 2. The van der Waals surface area contributed by atoms with Crippen molar-refractivity contribution >= 4 is 37.9 Å². The average molecular weight is 412 g/mol. The molecule has 0 aliphatic heterocycles. The monoisotopic (exact) mass is 411 g/mol. The molecule has 130 valence electrons. The van der Waals surface area contributed by atoms with Crippen LogP contribution < -0.4 is 5.32 Å². The van der Waals surface area contributed by atoms with E-state index in [-0.39, 0.29) is 5.82 Å². The van der Waals surface area contributed by atoms with Crippen LogP contribution in [0.2, 0.25) is 0 Å². The molecule has 1 unspecified atom stereocenters. The van der Waals surface area contributed by atoms with Gasteiger partial charge in [0, 0.05) is 27.1 Å². The molecule has 0 saturated carbocycles. The Hall–Kier alpha value is -2.69. The normalized spacial score (nSPS) is 13.8. The van der Waals surface area contributed by atoms with Crippen LogP contribution in [0.1, 0.15) is 22.5 Å². The molecule has 0 amide bonds. The minimum Gasteiger partial charge on any atom is -0.361 e. The van der Waals surface area contributed by atoms with Gasteiger partial charge in [0.25, 0.3) is 0 Å². The van der Waals surface area contributed by atoms with Crippen molar-refractivity contribution in [2.24, 2.45) is 0 Å². The highest BCUT2D eigenvalue weighted by atomic mass is 79.9. The highest BCUT2D eigenvalue weighted by Crippen LogP contribution is 2.40. The fraction of sp³-hybridized carbons (Fsp3) is 0.158. The summed E-state index contributed by atoms with van der Waals surface area (Å²) < 4.78 is 16.9. The Balaban J connectivity index is 1.99. The largest absolute Gasteiger partial charge is 0.361 e. The summed E-state index contributed by atoms with van der Waals surface area (Å²) in [7, 11) is 1.55. The van der Waals surface area contributed by atoms with E-state index in [0.717, 1.165) is 16.5 Å². The van der Waals surface area contributed by atoms with E-state index >= 15 is 4.39 Å². The lowest BCUT2D eigenvalue weighted by Gasteiger charge is -2.25. The van der Waals surface area contributed by atoms with E-state index in [1.54, 1.807) is 31.4 Å². The topological polar surface area (TPSA) is 80.3 Å². The number of nitrogens with zero attached hydrogens (tertiary/aromatic N) is 2. The molecule has 4 rings (SSSR count). The Morgan fingerprint density at radius 1 is 1.31 bits per heavy atom. The van der Waals surface area contributed by atoms with E-state index < -0.39 is 5.79 Å². The number of aryl methyl sites for hydroxylation is 1. The van der Waals surface area contributed by atoms with Gasteiger partial charge in [0.15, 0.2) is 5.82 Å². The molecule has 0 aliphatic carbocycles. The summed E-state index contributed by atoms with van der Waals surface area (Å²) in [6, 6.07) is 10.9. The van der Waals surface area contributed by atoms with E-state index in [0.29, 0.717) is 26.6 Å². The van der Waals surface area contributed by atoms with Gasteiger partial charge in [-0.3, -0.25) is 5.32 Å². The molecule has 0 aliphatic rings. The lowest BCUT2D eigenvalue weighted by Crippen LogP contribution is -2.38.